The predicted octanol–water partition coefficient (Wildman–Crippen LogP) is 4.95. The van der Waals surface area contributed by atoms with E-state index in [2.05, 4.69) is 15.7 Å². The third-order valence-corrected chi connectivity index (χ3v) is 5.65. The van der Waals surface area contributed by atoms with Gasteiger partial charge in [0.2, 0.25) is 5.91 Å². The minimum atomic E-state index is -0.759. The van der Waals surface area contributed by atoms with Gasteiger partial charge in [-0.1, -0.05) is 42.3 Å². The van der Waals surface area contributed by atoms with Gasteiger partial charge in [-0.15, -0.1) is 0 Å². The molecule has 2 N–H and O–H groups in total. The number of nitrogens with one attached hydrogen (secondary N) is 2. The molecule has 0 bridgehead atoms. The number of methoxy groups -OCH3 is 1. The van der Waals surface area contributed by atoms with Crippen LogP contribution in [-0.2, 0) is 16.0 Å². The normalized spacial score (nSPS) is 14.8. The topological polar surface area (TPSA) is 85.2 Å². The van der Waals surface area contributed by atoms with Crippen molar-refractivity contribution in [3.8, 4) is 16.9 Å². The molecule has 1 atom stereocenters. The number of aryl methyl sites for hydroxylation is 1. The Morgan fingerprint density at radius 3 is 2.77 bits per heavy atom. The lowest BCUT2D eigenvalue weighted by Gasteiger charge is -2.11. The Morgan fingerprint density at radius 2 is 2.06 bits per heavy atom. The number of hydrogen-bond donors (Lipinski definition) is 2. The Balaban J connectivity index is 1.62. The minimum Gasteiger partial charge on any atom is -0.497 e. The van der Waals surface area contributed by atoms with Crippen molar-refractivity contribution < 1.29 is 14.3 Å². The van der Waals surface area contributed by atoms with Gasteiger partial charge in [0.05, 0.1) is 29.9 Å². The fourth-order valence-corrected chi connectivity index (χ4v) is 4.07. The molecular weight excluding hydrogens is 439 g/mol. The van der Waals surface area contributed by atoms with E-state index in [0.717, 1.165) is 16.8 Å². The molecule has 1 aliphatic heterocycles. The van der Waals surface area contributed by atoms with E-state index in [0.29, 0.717) is 33.7 Å². The maximum Gasteiger partial charge on any atom is 0.251 e. The molecular formula is C22H20Cl2N4O3. The number of rotatable bonds is 6. The second-order valence-corrected chi connectivity index (χ2v) is 7.93. The Labute approximate surface area is 189 Å². The summed E-state index contributed by atoms with van der Waals surface area (Å²) in [5.41, 5.74) is 2.98. The van der Waals surface area contributed by atoms with Crippen LogP contribution >= 0.6 is 23.2 Å². The highest BCUT2D eigenvalue weighted by atomic mass is 35.5. The predicted molar refractivity (Wildman–Crippen MR) is 121 cm³/mol. The van der Waals surface area contributed by atoms with E-state index in [1.165, 1.54) is 0 Å². The summed E-state index contributed by atoms with van der Waals surface area (Å²) in [6, 6.07) is 11.6. The van der Waals surface area contributed by atoms with Gasteiger partial charge in [0.25, 0.3) is 5.91 Å². The Morgan fingerprint density at radius 1 is 1.26 bits per heavy atom. The lowest BCUT2D eigenvalue weighted by molar-refractivity contribution is -0.123. The monoisotopic (exact) mass is 458 g/mol. The molecule has 4 rings (SSSR count). The maximum absolute atomic E-state index is 12.7. The standard InChI is InChI=1S/C22H20Cl2N4O3/c1-3-16-20(12-5-4-6-14(9-12)31-2)21-26-22(30)18(28(21)27-16)11-19(29)25-17-8-7-13(23)10-15(17)24/h4-10,18H,3,11H2,1-2H3,(H,25,29)(H,26,30). The third kappa shape index (κ3) is 4.11. The van der Waals surface area contributed by atoms with Gasteiger partial charge in [0.1, 0.15) is 17.6 Å². The Bertz CT molecular complexity index is 1180. The van der Waals surface area contributed by atoms with Crippen molar-refractivity contribution >= 4 is 46.5 Å². The quantitative estimate of drug-likeness (QED) is 0.546. The van der Waals surface area contributed by atoms with Crippen LogP contribution in [0, 0.1) is 0 Å². The first-order valence-corrected chi connectivity index (χ1v) is 10.5. The van der Waals surface area contributed by atoms with Crippen LogP contribution in [0.5, 0.6) is 5.75 Å². The largest absolute Gasteiger partial charge is 0.497 e. The van der Waals surface area contributed by atoms with Crippen molar-refractivity contribution in [2.75, 3.05) is 17.7 Å². The lowest BCUT2D eigenvalue weighted by atomic mass is 10.0. The molecule has 2 aromatic carbocycles. The first-order chi connectivity index (χ1) is 14.9. The van der Waals surface area contributed by atoms with Crippen LogP contribution in [0.4, 0.5) is 11.5 Å². The number of amides is 2. The van der Waals surface area contributed by atoms with Gasteiger partial charge in [-0.3, -0.25) is 9.59 Å². The molecule has 2 amide bonds. The fraction of sp³-hybridized carbons (Fsp3) is 0.227. The number of hydrogen-bond acceptors (Lipinski definition) is 4. The summed E-state index contributed by atoms with van der Waals surface area (Å²) in [5.74, 6) is 0.650. The molecule has 0 radical (unpaired) electrons. The first-order valence-electron chi connectivity index (χ1n) is 9.72. The molecule has 1 aliphatic rings. The minimum absolute atomic E-state index is 0.0832. The van der Waals surface area contributed by atoms with Crippen LogP contribution in [0.25, 0.3) is 11.1 Å². The Hall–Kier alpha value is -3.03. The lowest BCUT2D eigenvalue weighted by Crippen LogP contribution is -2.24. The van der Waals surface area contributed by atoms with E-state index in [1.54, 1.807) is 30.0 Å². The van der Waals surface area contributed by atoms with Gasteiger partial charge >= 0.3 is 0 Å². The molecule has 1 aromatic heterocycles. The fourth-order valence-electron chi connectivity index (χ4n) is 3.61. The van der Waals surface area contributed by atoms with Crippen LogP contribution in [-0.4, -0.2) is 28.7 Å². The smallest absolute Gasteiger partial charge is 0.251 e. The summed E-state index contributed by atoms with van der Waals surface area (Å²) in [6.45, 7) is 1.99. The number of halogens is 2. The van der Waals surface area contributed by atoms with Crippen LogP contribution in [0.2, 0.25) is 10.0 Å². The summed E-state index contributed by atoms with van der Waals surface area (Å²) in [7, 11) is 1.60. The van der Waals surface area contributed by atoms with E-state index in [1.807, 2.05) is 31.2 Å². The number of fused-ring (bicyclic) bond motifs is 1. The molecule has 3 aromatic rings. The van der Waals surface area contributed by atoms with E-state index in [4.69, 9.17) is 27.9 Å². The van der Waals surface area contributed by atoms with Crippen LogP contribution < -0.4 is 15.4 Å². The number of anilines is 2. The molecule has 0 spiro atoms. The summed E-state index contributed by atoms with van der Waals surface area (Å²) >= 11 is 12.0. The van der Waals surface area contributed by atoms with Gasteiger partial charge in [0.15, 0.2) is 0 Å². The van der Waals surface area contributed by atoms with E-state index >= 15 is 0 Å². The van der Waals surface area contributed by atoms with Crippen LogP contribution in [0.1, 0.15) is 25.1 Å². The highest BCUT2D eigenvalue weighted by molar-refractivity contribution is 6.36. The van der Waals surface area contributed by atoms with Crippen molar-refractivity contribution in [1.82, 2.24) is 9.78 Å². The van der Waals surface area contributed by atoms with Gasteiger partial charge in [-0.2, -0.15) is 5.10 Å². The summed E-state index contributed by atoms with van der Waals surface area (Å²) in [6.07, 6.45) is 0.585. The highest BCUT2D eigenvalue weighted by Gasteiger charge is 2.36. The highest BCUT2D eigenvalue weighted by Crippen LogP contribution is 2.39. The summed E-state index contributed by atoms with van der Waals surface area (Å²) in [5, 5.41) is 11.0. The molecule has 9 heteroatoms. The molecule has 2 heterocycles. The molecule has 0 saturated heterocycles. The van der Waals surface area contributed by atoms with E-state index in [-0.39, 0.29) is 18.2 Å². The second-order valence-electron chi connectivity index (χ2n) is 7.08. The van der Waals surface area contributed by atoms with Crippen molar-refractivity contribution in [3.05, 3.63) is 58.2 Å². The second kappa shape index (κ2) is 8.61. The number of carbonyl (C=O) groups excluding carboxylic acids is 2. The molecule has 0 aliphatic carbocycles. The number of ether oxygens (including phenoxy) is 1. The van der Waals surface area contributed by atoms with Crippen molar-refractivity contribution in [2.24, 2.45) is 0 Å². The van der Waals surface area contributed by atoms with Crippen LogP contribution in [0.15, 0.2) is 42.5 Å². The van der Waals surface area contributed by atoms with Gasteiger partial charge in [-0.05, 0) is 42.3 Å². The van der Waals surface area contributed by atoms with Crippen LogP contribution in [0.3, 0.4) is 0 Å². The van der Waals surface area contributed by atoms with Gasteiger partial charge in [-0.25, -0.2) is 4.68 Å². The van der Waals surface area contributed by atoms with Crippen molar-refractivity contribution in [2.45, 2.75) is 25.8 Å². The zero-order chi connectivity index (χ0) is 22.1. The maximum atomic E-state index is 12.7. The average Bonchev–Trinajstić information content (AvgIpc) is 3.25. The van der Waals surface area contributed by atoms with Crippen molar-refractivity contribution in [1.29, 1.82) is 0 Å². The zero-order valence-corrected chi connectivity index (χ0v) is 18.4. The number of aromatic nitrogens is 2. The van der Waals surface area contributed by atoms with Gasteiger partial charge < -0.3 is 15.4 Å². The SMILES string of the molecule is CCc1nn2c(c1-c1cccc(OC)c1)NC(=O)C2CC(=O)Nc1ccc(Cl)cc1Cl. The van der Waals surface area contributed by atoms with Crippen molar-refractivity contribution in [3.63, 3.8) is 0 Å². The first kappa shape index (κ1) is 21.2. The molecule has 160 valence electrons. The molecule has 0 fully saturated rings. The van der Waals surface area contributed by atoms with E-state index < -0.39 is 6.04 Å². The molecule has 0 saturated carbocycles. The van der Waals surface area contributed by atoms with E-state index in [9.17, 15) is 9.59 Å². The van der Waals surface area contributed by atoms with Gasteiger partial charge in [0, 0.05) is 10.6 Å². The zero-order valence-electron chi connectivity index (χ0n) is 16.9. The number of benzene rings is 2. The molecule has 31 heavy (non-hydrogen) atoms. The Kier molecular flexibility index (Phi) is 5.89. The summed E-state index contributed by atoms with van der Waals surface area (Å²) in [4.78, 5) is 25.3. The third-order valence-electron chi connectivity index (χ3n) is 5.10. The number of carbonyl (C=O) groups is 2. The number of nitrogens with zero attached hydrogens (tertiary/aromatic N) is 2. The molecule has 1 unspecified atom stereocenters. The molecule has 7 nitrogen and oxygen atoms in total. The summed E-state index contributed by atoms with van der Waals surface area (Å²) < 4.78 is 6.92. The average molecular weight is 459 g/mol.